The molecule has 0 saturated carbocycles. The number of benzene rings is 2. The summed E-state index contributed by atoms with van der Waals surface area (Å²) in [5, 5.41) is 8.13. The van der Waals surface area contributed by atoms with E-state index in [2.05, 4.69) is 14.9 Å². The molecule has 0 aliphatic heterocycles. The van der Waals surface area contributed by atoms with Crippen molar-refractivity contribution in [3.63, 3.8) is 0 Å². The van der Waals surface area contributed by atoms with Crippen LogP contribution in [-0.2, 0) is 16.6 Å². The number of hydrogen-bond donors (Lipinski definition) is 1. The Balaban J connectivity index is 1.89. The Labute approximate surface area is 141 Å². The molecule has 1 unspecified atom stereocenters. The minimum Gasteiger partial charge on any atom is -0.207 e. The molecule has 0 saturated heterocycles. The van der Waals surface area contributed by atoms with E-state index < -0.39 is 16.1 Å². The normalized spacial score (nSPS) is 12.9. The van der Waals surface area contributed by atoms with E-state index in [0.29, 0.717) is 6.54 Å². The van der Waals surface area contributed by atoms with Gasteiger partial charge < -0.3 is 0 Å². The van der Waals surface area contributed by atoms with Crippen molar-refractivity contribution in [3.05, 3.63) is 78.1 Å². The Hall–Kier alpha value is -2.51. The van der Waals surface area contributed by atoms with Crippen molar-refractivity contribution < 1.29 is 8.42 Å². The van der Waals surface area contributed by atoms with Gasteiger partial charge in [0.1, 0.15) is 0 Å². The highest BCUT2D eigenvalue weighted by Gasteiger charge is 2.22. The molecule has 6 nitrogen and oxygen atoms in total. The second-order valence-corrected chi connectivity index (χ2v) is 7.20. The summed E-state index contributed by atoms with van der Waals surface area (Å²) in [7, 11) is -3.65. The molecule has 3 rings (SSSR count). The van der Waals surface area contributed by atoms with Crippen LogP contribution in [0.2, 0.25) is 0 Å². The molecule has 24 heavy (non-hydrogen) atoms. The van der Waals surface area contributed by atoms with Crippen LogP contribution < -0.4 is 4.72 Å². The fourth-order valence-corrected chi connectivity index (χ4v) is 3.59. The third-order valence-electron chi connectivity index (χ3n) is 3.64. The molecule has 1 N–H and O–H groups in total. The molecule has 3 aromatic rings. The molecule has 1 aromatic heterocycles. The first-order chi connectivity index (χ1) is 11.5. The van der Waals surface area contributed by atoms with Crippen LogP contribution in [0.4, 0.5) is 0 Å². The number of nitrogens with zero attached hydrogens (tertiary/aromatic N) is 3. The molecule has 0 spiro atoms. The molecule has 0 bridgehead atoms. The van der Waals surface area contributed by atoms with Gasteiger partial charge in [-0.05, 0) is 24.6 Å². The molecule has 2 aromatic carbocycles. The van der Waals surface area contributed by atoms with Gasteiger partial charge in [-0.2, -0.15) is 15.0 Å². The molecule has 0 amide bonds. The lowest BCUT2D eigenvalue weighted by Gasteiger charge is -2.19. The lowest BCUT2D eigenvalue weighted by atomic mass is 10.1. The fraction of sp³-hybridized carbons (Fsp3) is 0.176. The Bertz CT molecular complexity index is 876. The second-order valence-electron chi connectivity index (χ2n) is 5.48. The summed E-state index contributed by atoms with van der Waals surface area (Å²) in [6.07, 6.45) is 3.13. The maximum absolute atomic E-state index is 12.7. The number of sulfonamides is 1. The van der Waals surface area contributed by atoms with Gasteiger partial charge in [0.25, 0.3) is 0 Å². The standard InChI is InChI=1S/C17H18N4O2S/c1-14-7-9-16(10-8-14)24(22,23)20-17(13-21-18-11-12-19-21)15-5-3-2-4-6-15/h2-12,17,20H,13H2,1H3. The highest BCUT2D eigenvalue weighted by atomic mass is 32.2. The maximum Gasteiger partial charge on any atom is 0.241 e. The van der Waals surface area contributed by atoms with Crippen LogP contribution in [0, 0.1) is 6.92 Å². The number of rotatable bonds is 6. The summed E-state index contributed by atoms with van der Waals surface area (Å²) in [5.74, 6) is 0. The average molecular weight is 342 g/mol. The van der Waals surface area contributed by atoms with E-state index in [1.807, 2.05) is 37.3 Å². The van der Waals surface area contributed by atoms with Crippen LogP contribution in [0.3, 0.4) is 0 Å². The summed E-state index contributed by atoms with van der Waals surface area (Å²) in [4.78, 5) is 1.71. The third kappa shape index (κ3) is 3.87. The smallest absolute Gasteiger partial charge is 0.207 e. The van der Waals surface area contributed by atoms with Crippen molar-refractivity contribution in [2.45, 2.75) is 24.4 Å². The number of aryl methyl sites for hydroxylation is 1. The molecular weight excluding hydrogens is 324 g/mol. The van der Waals surface area contributed by atoms with Crippen molar-refractivity contribution in [2.75, 3.05) is 0 Å². The summed E-state index contributed by atoms with van der Waals surface area (Å²) >= 11 is 0. The van der Waals surface area contributed by atoms with E-state index in [-0.39, 0.29) is 4.90 Å². The van der Waals surface area contributed by atoms with E-state index in [1.165, 1.54) is 4.80 Å². The Morgan fingerprint density at radius 2 is 1.62 bits per heavy atom. The largest absolute Gasteiger partial charge is 0.241 e. The molecule has 7 heteroatoms. The van der Waals surface area contributed by atoms with Gasteiger partial charge in [0.2, 0.25) is 10.0 Å². The quantitative estimate of drug-likeness (QED) is 0.746. The zero-order valence-corrected chi connectivity index (χ0v) is 14.0. The van der Waals surface area contributed by atoms with E-state index in [1.54, 1.807) is 36.7 Å². The minimum atomic E-state index is -3.65. The summed E-state index contributed by atoms with van der Waals surface area (Å²) < 4.78 is 28.1. The van der Waals surface area contributed by atoms with Gasteiger partial charge in [-0.1, -0.05) is 48.0 Å². The van der Waals surface area contributed by atoms with Gasteiger partial charge in [-0.15, -0.1) is 0 Å². The number of aromatic nitrogens is 3. The zero-order chi connectivity index (χ0) is 17.0. The molecular formula is C17H18N4O2S. The van der Waals surface area contributed by atoms with Crippen molar-refractivity contribution in [3.8, 4) is 0 Å². The third-order valence-corrected chi connectivity index (χ3v) is 5.13. The zero-order valence-electron chi connectivity index (χ0n) is 13.2. The second kappa shape index (κ2) is 6.94. The van der Waals surface area contributed by atoms with Crippen LogP contribution >= 0.6 is 0 Å². The van der Waals surface area contributed by atoms with Crippen LogP contribution in [0.1, 0.15) is 17.2 Å². The van der Waals surface area contributed by atoms with Crippen molar-refractivity contribution in [1.29, 1.82) is 0 Å². The average Bonchev–Trinajstić information content (AvgIpc) is 3.08. The monoisotopic (exact) mass is 342 g/mol. The van der Waals surface area contributed by atoms with Crippen molar-refractivity contribution in [1.82, 2.24) is 19.7 Å². The first-order valence-electron chi connectivity index (χ1n) is 7.53. The van der Waals surface area contributed by atoms with E-state index >= 15 is 0 Å². The molecule has 0 aliphatic carbocycles. The van der Waals surface area contributed by atoms with Gasteiger partial charge >= 0.3 is 0 Å². The van der Waals surface area contributed by atoms with Crippen LogP contribution in [0.5, 0.6) is 0 Å². The van der Waals surface area contributed by atoms with Gasteiger partial charge in [0.05, 0.1) is 29.9 Å². The summed E-state index contributed by atoms with van der Waals surface area (Å²) in [6, 6.07) is 15.7. The highest BCUT2D eigenvalue weighted by molar-refractivity contribution is 7.89. The minimum absolute atomic E-state index is 0.238. The Morgan fingerprint density at radius 1 is 1.00 bits per heavy atom. The number of nitrogens with one attached hydrogen (secondary N) is 1. The topological polar surface area (TPSA) is 76.9 Å². The molecule has 0 aliphatic rings. The van der Waals surface area contributed by atoms with Crippen LogP contribution in [0.15, 0.2) is 71.9 Å². The predicted molar refractivity (Wildman–Crippen MR) is 90.7 cm³/mol. The fourth-order valence-electron chi connectivity index (χ4n) is 2.37. The Morgan fingerprint density at radius 3 is 2.25 bits per heavy atom. The van der Waals surface area contributed by atoms with Crippen molar-refractivity contribution >= 4 is 10.0 Å². The van der Waals surface area contributed by atoms with Gasteiger partial charge in [0, 0.05) is 0 Å². The van der Waals surface area contributed by atoms with E-state index in [9.17, 15) is 8.42 Å². The molecule has 0 fully saturated rings. The lowest BCUT2D eigenvalue weighted by molar-refractivity contribution is 0.444. The van der Waals surface area contributed by atoms with Gasteiger partial charge in [-0.25, -0.2) is 13.1 Å². The first kappa shape index (κ1) is 16.4. The Kier molecular flexibility index (Phi) is 4.73. The molecule has 0 radical (unpaired) electrons. The van der Waals surface area contributed by atoms with E-state index in [4.69, 9.17) is 0 Å². The summed E-state index contributed by atoms with van der Waals surface area (Å²) in [6.45, 7) is 2.22. The van der Waals surface area contributed by atoms with Gasteiger partial charge in [-0.3, -0.25) is 0 Å². The molecule has 124 valence electrons. The van der Waals surface area contributed by atoms with Crippen LogP contribution in [-0.4, -0.2) is 23.4 Å². The van der Waals surface area contributed by atoms with Crippen LogP contribution in [0.25, 0.3) is 0 Å². The molecule has 1 heterocycles. The SMILES string of the molecule is Cc1ccc(S(=O)(=O)NC(Cn2nccn2)c2ccccc2)cc1. The summed E-state index contributed by atoms with van der Waals surface area (Å²) in [5.41, 5.74) is 1.86. The lowest BCUT2D eigenvalue weighted by Crippen LogP contribution is -2.32. The first-order valence-corrected chi connectivity index (χ1v) is 9.01. The van der Waals surface area contributed by atoms with E-state index in [0.717, 1.165) is 11.1 Å². The highest BCUT2D eigenvalue weighted by Crippen LogP contribution is 2.19. The maximum atomic E-state index is 12.7. The predicted octanol–water partition coefficient (Wildman–Crippen LogP) is 2.31. The molecule has 1 atom stereocenters. The number of hydrogen-bond acceptors (Lipinski definition) is 4. The van der Waals surface area contributed by atoms with Crippen molar-refractivity contribution in [2.24, 2.45) is 0 Å². The van der Waals surface area contributed by atoms with Gasteiger partial charge in [0.15, 0.2) is 0 Å².